The van der Waals surface area contributed by atoms with E-state index in [0.29, 0.717) is 6.54 Å². The number of benzene rings is 3. The Kier molecular flexibility index (Phi) is 6.56. The van der Waals surface area contributed by atoms with E-state index in [-0.39, 0.29) is 0 Å². The molecule has 0 atom stereocenters. The zero-order chi connectivity index (χ0) is 18.1. The minimum absolute atomic E-state index is 0.395. The molecule has 0 heterocycles. The van der Waals surface area contributed by atoms with E-state index in [2.05, 4.69) is 102 Å². The number of hydrogen-bond acceptors (Lipinski definition) is 3. The van der Waals surface area contributed by atoms with Crippen molar-refractivity contribution in [1.82, 2.24) is 10.6 Å². The minimum Gasteiger partial charge on any atom is -0.329 e. The fraction of sp³-hybridized carbons (Fsp3) is 0.217. The first kappa shape index (κ1) is 18.3. The van der Waals surface area contributed by atoms with Crippen LogP contribution in [0.25, 0.3) is 0 Å². The molecule has 3 aromatic rings. The Balaban J connectivity index is 2.06. The van der Waals surface area contributed by atoms with Crippen LogP contribution >= 0.6 is 0 Å². The number of rotatable bonds is 9. The van der Waals surface area contributed by atoms with Crippen LogP contribution in [-0.4, -0.2) is 26.2 Å². The third-order valence-corrected chi connectivity index (χ3v) is 4.63. The molecule has 3 rings (SSSR count). The van der Waals surface area contributed by atoms with Gasteiger partial charge in [-0.2, -0.15) is 0 Å². The lowest BCUT2D eigenvalue weighted by Gasteiger charge is -2.37. The van der Waals surface area contributed by atoms with Gasteiger partial charge in [-0.3, -0.25) is 5.32 Å². The first-order valence-corrected chi connectivity index (χ1v) is 9.20. The van der Waals surface area contributed by atoms with Gasteiger partial charge >= 0.3 is 0 Å². The van der Waals surface area contributed by atoms with Crippen LogP contribution in [0.2, 0.25) is 0 Å². The van der Waals surface area contributed by atoms with Crippen molar-refractivity contribution in [1.29, 1.82) is 0 Å². The lowest BCUT2D eigenvalue weighted by molar-refractivity contribution is 0.464. The number of nitrogens with two attached hydrogens (primary N) is 1. The Bertz CT molecular complexity index is 661. The van der Waals surface area contributed by atoms with E-state index >= 15 is 0 Å². The normalized spacial score (nSPS) is 11.4. The van der Waals surface area contributed by atoms with Crippen molar-refractivity contribution < 1.29 is 0 Å². The zero-order valence-electron chi connectivity index (χ0n) is 15.1. The Morgan fingerprint density at radius 3 is 1.38 bits per heavy atom. The second-order valence-corrected chi connectivity index (χ2v) is 6.31. The van der Waals surface area contributed by atoms with Gasteiger partial charge in [0, 0.05) is 26.2 Å². The van der Waals surface area contributed by atoms with Crippen LogP contribution in [0.5, 0.6) is 0 Å². The molecule has 0 aromatic heterocycles. The first-order chi connectivity index (χ1) is 12.9. The third-order valence-electron chi connectivity index (χ3n) is 4.63. The average Bonchev–Trinajstić information content (AvgIpc) is 2.73. The molecular weight excluding hydrogens is 318 g/mol. The van der Waals surface area contributed by atoms with Crippen LogP contribution in [0, 0.1) is 0 Å². The molecule has 3 heteroatoms. The molecule has 0 aliphatic carbocycles. The SMILES string of the molecule is NCCNCCNC(c1ccccc1)(c1ccccc1)c1ccccc1. The van der Waals surface area contributed by atoms with Gasteiger partial charge in [-0.05, 0) is 16.7 Å². The van der Waals surface area contributed by atoms with Gasteiger partial charge in [0.05, 0.1) is 5.54 Å². The van der Waals surface area contributed by atoms with Gasteiger partial charge in [0.15, 0.2) is 0 Å². The predicted octanol–water partition coefficient (Wildman–Crippen LogP) is 3.12. The van der Waals surface area contributed by atoms with E-state index in [0.717, 1.165) is 19.6 Å². The third kappa shape index (κ3) is 4.02. The molecule has 4 N–H and O–H groups in total. The van der Waals surface area contributed by atoms with Crippen molar-refractivity contribution in [3.05, 3.63) is 108 Å². The Labute approximate surface area is 156 Å². The molecule has 0 radical (unpaired) electrons. The van der Waals surface area contributed by atoms with E-state index < -0.39 is 5.54 Å². The van der Waals surface area contributed by atoms with Crippen LogP contribution in [0.15, 0.2) is 91.0 Å². The van der Waals surface area contributed by atoms with Crippen LogP contribution in [0.1, 0.15) is 16.7 Å². The summed E-state index contributed by atoms with van der Waals surface area (Å²) in [6.45, 7) is 3.18. The lowest BCUT2D eigenvalue weighted by Crippen LogP contribution is -2.47. The van der Waals surface area contributed by atoms with Crippen molar-refractivity contribution in [3.8, 4) is 0 Å². The highest BCUT2D eigenvalue weighted by Crippen LogP contribution is 2.36. The average molecular weight is 345 g/mol. The summed E-state index contributed by atoms with van der Waals surface area (Å²) in [4.78, 5) is 0. The minimum atomic E-state index is -0.395. The molecule has 26 heavy (non-hydrogen) atoms. The Hall–Kier alpha value is -2.46. The maximum atomic E-state index is 5.59. The summed E-state index contributed by atoms with van der Waals surface area (Å²) >= 11 is 0. The van der Waals surface area contributed by atoms with Crippen molar-refractivity contribution in [2.24, 2.45) is 5.73 Å². The van der Waals surface area contributed by atoms with Crippen molar-refractivity contribution in [3.63, 3.8) is 0 Å². The zero-order valence-corrected chi connectivity index (χ0v) is 15.1. The van der Waals surface area contributed by atoms with Crippen molar-refractivity contribution in [2.75, 3.05) is 26.2 Å². The molecule has 134 valence electrons. The number of hydrogen-bond donors (Lipinski definition) is 3. The van der Waals surface area contributed by atoms with Crippen LogP contribution in [-0.2, 0) is 5.54 Å². The van der Waals surface area contributed by atoms with Crippen molar-refractivity contribution in [2.45, 2.75) is 5.54 Å². The summed E-state index contributed by atoms with van der Waals surface area (Å²) in [5.74, 6) is 0. The van der Waals surface area contributed by atoms with Crippen molar-refractivity contribution >= 4 is 0 Å². The molecule has 0 unspecified atom stereocenters. The molecule has 0 saturated heterocycles. The predicted molar refractivity (Wildman–Crippen MR) is 109 cm³/mol. The monoisotopic (exact) mass is 345 g/mol. The second kappa shape index (κ2) is 9.30. The maximum absolute atomic E-state index is 5.59. The molecule has 0 spiro atoms. The number of nitrogens with one attached hydrogen (secondary N) is 2. The molecule has 0 fully saturated rings. The second-order valence-electron chi connectivity index (χ2n) is 6.31. The quantitative estimate of drug-likeness (QED) is 0.412. The molecule has 3 nitrogen and oxygen atoms in total. The summed E-state index contributed by atoms with van der Waals surface area (Å²) in [6, 6.07) is 32.0. The highest BCUT2D eigenvalue weighted by Gasteiger charge is 2.35. The summed E-state index contributed by atoms with van der Waals surface area (Å²) < 4.78 is 0. The first-order valence-electron chi connectivity index (χ1n) is 9.20. The molecular formula is C23H27N3. The molecule has 0 aliphatic heterocycles. The summed E-state index contributed by atoms with van der Waals surface area (Å²) in [5.41, 5.74) is 8.89. The standard InChI is InChI=1S/C23H27N3/c24-16-17-25-18-19-26-23(20-10-4-1-5-11-20,21-12-6-2-7-13-21)22-14-8-3-9-15-22/h1-15,25-26H,16-19,24H2. The molecule has 0 saturated carbocycles. The molecule has 0 amide bonds. The van der Waals surface area contributed by atoms with Gasteiger partial charge < -0.3 is 11.1 Å². The van der Waals surface area contributed by atoms with Gasteiger partial charge in [-0.1, -0.05) is 91.0 Å². The topological polar surface area (TPSA) is 50.1 Å². The van der Waals surface area contributed by atoms with Gasteiger partial charge in [0.1, 0.15) is 0 Å². The fourth-order valence-corrected chi connectivity index (χ4v) is 3.44. The van der Waals surface area contributed by atoms with Gasteiger partial charge in [0.25, 0.3) is 0 Å². The summed E-state index contributed by atoms with van der Waals surface area (Å²) in [7, 11) is 0. The summed E-state index contributed by atoms with van der Waals surface area (Å²) in [5, 5.41) is 7.21. The van der Waals surface area contributed by atoms with Crippen LogP contribution in [0.4, 0.5) is 0 Å². The van der Waals surface area contributed by atoms with E-state index in [1.54, 1.807) is 0 Å². The lowest BCUT2D eigenvalue weighted by atomic mass is 9.77. The highest BCUT2D eigenvalue weighted by atomic mass is 15.0. The van der Waals surface area contributed by atoms with Gasteiger partial charge in [-0.25, -0.2) is 0 Å². The Morgan fingerprint density at radius 2 is 1.00 bits per heavy atom. The fourth-order valence-electron chi connectivity index (χ4n) is 3.44. The van der Waals surface area contributed by atoms with E-state index in [1.807, 2.05) is 0 Å². The van der Waals surface area contributed by atoms with Crippen LogP contribution in [0.3, 0.4) is 0 Å². The largest absolute Gasteiger partial charge is 0.329 e. The van der Waals surface area contributed by atoms with E-state index in [4.69, 9.17) is 5.73 Å². The Morgan fingerprint density at radius 1 is 0.577 bits per heavy atom. The molecule has 0 aliphatic rings. The molecule has 3 aromatic carbocycles. The van der Waals surface area contributed by atoms with Gasteiger partial charge in [0.2, 0.25) is 0 Å². The van der Waals surface area contributed by atoms with E-state index in [9.17, 15) is 0 Å². The highest BCUT2D eigenvalue weighted by molar-refractivity contribution is 5.49. The molecule has 0 bridgehead atoms. The summed E-state index contributed by atoms with van der Waals surface area (Å²) in [6.07, 6.45) is 0. The van der Waals surface area contributed by atoms with Gasteiger partial charge in [-0.15, -0.1) is 0 Å². The smallest absolute Gasteiger partial charge is 0.0948 e. The van der Waals surface area contributed by atoms with E-state index in [1.165, 1.54) is 16.7 Å². The maximum Gasteiger partial charge on any atom is 0.0948 e. The van der Waals surface area contributed by atoms with Crippen LogP contribution < -0.4 is 16.4 Å².